The van der Waals surface area contributed by atoms with Gasteiger partial charge in [-0.05, 0) is 153 Å². The third kappa shape index (κ3) is 7.77. The molecule has 2 aromatic heterocycles. The minimum absolute atomic E-state index is 0.284. The largest absolute Gasteiger partial charge is 0.451 e. The maximum absolute atomic E-state index is 13.3. The maximum atomic E-state index is 13.3. The van der Waals surface area contributed by atoms with Crippen LogP contribution in [0.1, 0.15) is 134 Å². The minimum atomic E-state index is -1.02. The first kappa shape index (κ1) is 45.9. The van der Waals surface area contributed by atoms with E-state index in [4.69, 9.17) is 28.9 Å². The van der Waals surface area contributed by atoms with Gasteiger partial charge in [0.15, 0.2) is 11.1 Å². The number of carbonyl (C=O) groups is 4. The lowest BCUT2D eigenvalue weighted by molar-refractivity contribution is -0.162. The van der Waals surface area contributed by atoms with Crippen molar-refractivity contribution >= 4 is 57.4 Å². The van der Waals surface area contributed by atoms with Crippen LogP contribution in [0.15, 0.2) is 70.9 Å². The van der Waals surface area contributed by atoms with E-state index >= 15 is 0 Å². The van der Waals surface area contributed by atoms with E-state index in [1.165, 1.54) is 9.13 Å². The van der Waals surface area contributed by atoms with Crippen molar-refractivity contribution in [2.24, 2.45) is 44.5 Å². The summed E-state index contributed by atoms with van der Waals surface area (Å²) in [6.45, 7) is 28.0. The van der Waals surface area contributed by atoms with E-state index in [1.807, 2.05) is 118 Å². The smallest absolute Gasteiger partial charge is 0.419 e. The molecule has 10 rings (SSSR count). The predicted octanol–water partition coefficient (Wildman–Crippen LogP) is 11.1. The average Bonchev–Trinajstić information content (AvgIpc) is 3.68. The van der Waals surface area contributed by atoms with Gasteiger partial charge in [-0.25, -0.2) is 19.2 Å². The van der Waals surface area contributed by atoms with Crippen LogP contribution in [-0.2, 0) is 41.4 Å². The van der Waals surface area contributed by atoms with Gasteiger partial charge in [-0.1, -0.05) is 64.1 Å². The lowest BCUT2D eigenvalue weighted by Gasteiger charge is -2.42. The van der Waals surface area contributed by atoms with Crippen LogP contribution >= 0.6 is 0 Å². The van der Waals surface area contributed by atoms with Crippen LogP contribution in [-0.4, -0.2) is 78.2 Å². The molecule has 0 saturated heterocycles. The molecule has 2 aromatic carbocycles. The molecule has 66 heavy (non-hydrogen) atoms. The molecule has 0 amide bonds. The van der Waals surface area contributed by atoms with Crippen molar-refractivity contribution in [3.63, 3.8) is 0 Å². The fraction of sp³-hybridized carbons (Fsp3) is 0.593. The van der Waals surface area contributed by atoms with Crippen molar-refractivity contribution in [2.45, 2.75) is 169 Å². The standard InChI is InChI=1S/2C27H34N2O4/c2*1-24(2,3)33-23(31)29-15-16(17-10-8-9-11-20(17)29)13-26(6)22(30)32-27(7)14-19-18(25(19,4)5)12-21(27)28-26/h2*8-11,15,18-19H,12-14H2,1-7H3/t2*18-,19+,26+,27+/m11/s1. The zero-order valence-electron chi connectivity index (χ0n) is 41.4. The van der Waals surface area contributed by atoms with Gasteiger partial charge in [-0.15, -0.1) is 0 Å². The Balaban J connectivity index is 0.000000166. The molecule has 0 unspecified atom stereocenters. The molecule has 12 nitrogen and oxygen atoms in total. The molecule has 4 heterocycles. The highest BCUT2D eigenvalue weighted by Gasteiger charge is 2.67. The first-order valence-electron chi connectivity index (χ1n) is 23.8. The topological polar surface area (TPSA) is 140 Å². The molecule has 2 aliphatic heterocycles. The van der Waals surface area contributed by atoms with Crippen LogP contribution in [0.5, 0.6) is 0 Å². The number of aromatic nitrogens is 2. The van der Waals surface area contributed by atoms with Gasteiger partial charge in [-0.3, -0.25) is 19.1 Å². The van der Waals surface area contributed by atoms with Gasteiger partial charge in [0.1, 0.15) is 22.4 Å². The molecule has 0 N–H and O–H groups in total. The highest BCUT2D eigenvalue weighted by molar-refractivity contribution is 6.03. The number of hydrogen-bond donors (Lipinski definition) is 0. The fourth-order valence-electron chi connectivity index (χ4n) is 11.8. The summed E-state index contributed by atoms with van der Waals surface area (Å²) in [6.07, 6.45) is 6.89. The lowest BCUT2D eigenvalue weighted by Crippen LogP contribution is -2.55. The van der Waals surface area contributed by atoms with E-state index in [1.54, 1.807) is 12.4 Å². The zero-order valence-corrected chi connectivity index (χ0v) is 41.4. The first-order valence-corrected chi connectivity index (χ1v) is 23.8. The SMILES string of the molecule is CC(C)(C)OC(=O)n1cc(C[C@]2(C)N=C3C[C@@H]4[C@H](C[C@]3(C)OC2=O)C4(C)C)c2ccccc21.CC(C)(C)OC(=O)n1cc(C[C@]2(C)N=C3C[C@@H]4[C@H](C[C@]3(C)OC2=O)C4(C)C)c2ccccc21. The third-order valence-corrected chi connectivity index (χ3v) is 16.0. The molecule has 352 valence electrons. The average molecular weight is 901 g/mol. The number of carbonyl (C=O) groups excluding carboxylic acids is 4. The number of benzene rings is 2. The van der Waals surface area contributed by atoms with E-state index < -0.39 is 45.7 Å². The predicted molar refractivity (Wildman–Crippen MR) is 255 cm³/mol. The second kappa shape index (κ2) is 14.6. The number of rotatable bonds is 4. The van der Waals surface area contributed by atoms with Crippen LogP contribution in [0.25, 0.3) is 21.8 Å². The molecule has 4 aliphatic carbocycles. The van der Waals surface area contributed by atoms with Gasteiger partial charge < -0.3 is 18.9 Å². The number of esters is 2. The maximum Gasteiger partial charge on any atom is 0.419 e. The normalized spacial score (nSPS) is 32.5. The molecule has 4 fully saturated rings. The van der Waals surface area contributed by atoms with Gasteiger partial charge in [0, 0.05) is 36.0 Å². The Morgan fingerprint density at radius 3 is 1.29 bits per heavy atom. The van der Waals surface area contributed by atoms with Gasteiger partial charge in [0.25, 0.3) is 0 Å². The second-order valence-electron chi connectivity index (χ2n) is 24.2. The Hall–Kier alpha value is -5.26. The van der Waals surface area contributed by atoms with Crippen molar-refractivity contribution in [3.05, 3.63) is 72.1 Å². The Morgan fingerprint density at radius 1 is 0.591 bits per heavy atom. The van der Waals surface area contributed by atoms with Gasteiger partial charge in [-0.2, -0.15) is 0 Å². The summed E-state index contributed by atoms with van der Waals surface area (Å²) in [5.41, 5.74) is 1.40. The van der Waals surface area contributed by atoms with Gasteiger partial charge in [0.2, 0.25) is 0 Å². The van der Waals surface area contributed by atoms with Gasteiger partial charge >= 0.3 is 24.1 Å². The molecule has 0 bridgehead atoms. The monoisotopic (exact) mass is 901 g/mol. The van der Waals surface area contributed by atoms with E-state index in [-0.39, 0.29) is 22.8 Å². The van der Waals surface area contributed by atoms with E-state index in [2.05, 4.69) is 27.7 Å². The van der Waals surface area contributed by atoms with Crippen LogP contribution in [0.4, 0.5) is 9.59 Å². The summed E-state index contributed by atoms with van der Waals surface area (Å²) in [6, 6.07) is 15.4. The number of ether oxygens (including phenoxy) is 4. The summed E-state index contributed by atoms with van der Waals surface area (Å²) < 4.78 is 26.5. The number of nitrogens with zero attached hydrogens (tertiary/aromatic N) is 4. The molecule has 4 aromatic rings. The number of fused-ring (bicyclic) bond motifs is 6. The van der Waals surface area contributed by atoms with E-state index in [9.17, 15) is 19.2 Å². The molecule has 0 radical (unpaired) electrons. The quantitative estimate of drug-likeness (QED) is 0.146. The van der Waals surface area contributed by atoms with Crippen LogP contribution in [0.3, 0.4) is 0 Å². The third-order valence-electron chi connectivity index (χ3n) is 16.0. The molecule has 8 atom stereocenters. The molecular formula is C54H68N4O8. The summed E-state index contributed by atoms with van der Waals surface area (Å²) in [5, 5.41) is 1.83. The molecule has 0 spiro atoms. The number of hydrogen-bond acceptors (Lipinski definition) is 10. The van der Waals surface area contributed by atoms with Crippen molar-refractivity contribution < 1.29 is 38.1 Å². The zero-order chi connectivity index (χ0) is 47.9. The minimum Gasteiger partial charge on any atom is -0.451 e. The summed E-state index contributed by atoms with van der Waals surface area (Å²) in [5.74, 6) is 1.81. The molecule has 12 heteroatoms. The molecular weight excluding hydrogens is 833 g/mol. The Morgan fingerprint density at radius 2 is 0.939 bits per heavy atom. The van der Waals surface area contributed by atoms with Crippen molar-refractivity contribution in [3.8, 4) is 0 Å². The summed E-state index contributed by atoms with van der Waals surface area (Å²) in [7, 11) is 0. The molecule has 4 saturated carbocycles. The summed E-state index contributed by atoms with van der Waals surface area (Å²) >= 11 is 0. The Bertz CT molecular complexity index is 2590. The Kier molecular flexibility index (Phi) is 10.2. The van der Waals surface area contributed by atoms with Crippen LogP contribution < -0.4 is 0 Å². The number of aliphatic imine (C=N–C) groups is 2. The van der Waals surface area contributed by atoms with E-state index in [0.29, 0.717) is 36.5 Å². The Labute approximate surface area is 388 Å². The lowest BCUT2D eigenvalue weighted by atomic mass is 9.80. The fourth-order valence-corrected chi connectivity index (χ4v) is 11.8. The van der Waals surface area contributed by atoms with Crippen molar-refractivity contribution in [1.29, 1.82) is 0 Å². The van der Waals surface area contributed by atoms with Crippen LogP contribution in [0.2, 0.25) is 0 Å². The van der Waals surface area contributed by atoms with Gasteiger partial charge in [0.05, 0.1) is 22.5 Å². The highest BCUT2D eigenvalue weighted by Crippen LogP contribution is 2.68. The van der Waals surface area contributed by atoms with Crippen molar-refractivity contribution in [2.75, 3.05) is 0 Å². The van der Waals surface area contributed by atoms with E-state index in [0.717, 1.165) is 70.0 Å². The highest BCUT2D eigenvalue weighted by atomic mass is 16.6. The molecule has 6 aliphatic rings. The first-order chi connectivity index (χ1) is 30.5. The number of para-hydroxylation sites is 2. The van der Waals surface area contributed by atoms with Crippen LogP contribution in [0, 0.1) is 34.5 Å². The summed E-state index contributed by atoms with van der Waals surface area (Å²) in [4.78, 5) is 62.5. The van der Waals surface area contributed by atoms with Crippen molar-refractivity contribution in [1.82, 2.24) is 9.13 Å². The second-order valence-corrected chi connectivity index (χ2v) is 24.2.